The van der Waals surface area contributed by atoms with Crippen molar-refractivity contribution >= 4 is 21.6 Å². The van der Waals surface area contributed by atoms with Crippen LogP contribution in [0.5, 0.6) is 11.5 Å². The van der Waals surface area contributed by atoms with Crippen LogP contribution in [0.25, 0.3) is 0 Å². The standard InChI is InChI=1S/C26H28N2O5S/c1-20-9-11-22(12-10-20)28(19-26(29)27-15-5-8-21-6-3-2-4-7-21)34(30,31)23-13-14-24-25(18-23)33-17-16-32-24/h2-4,6-7,9-14,18H,5,8,15-17,19H2,1H3,(H,27,29). The van der Waals surface area contributed by atoms with Gasteiger partial charge in [0.15, 0.2) is 11.5 Å². The topological polar surface area (TPSA) is 84.9 Å². The van der Waals surface area contributed by atoms with Crippen LogP contribution in [0.1, 0.15) is 17.5 Å². The Balaban J connectivity index is 1.50. The molecule has 1 aliphatic heterocycles. The molecule has 0 radical (unpaired) electrons. The van der Waals surface area contributed by atoms with Crippen molar-refractivity contribution in [3.63, 3.8) is 0 Å². The average Bonchev–Trinajstić information content (AvgIpc) is 2.86. The van der Waals surface area contributed by atoms with Gasteiger partial charge in [-0.05, 0) is 49.6 Å². The summed E-state index contributed by atoms with van der Waals surface area (Å²) >= 11 is 0. The molecule has 0 unspecified atom stereocenters. The maximum absolute atomic E-state index is 13.6. The van der Waals surface area contributed by atoms with Crippen LogP contribution in [0.3, 0.4) is 0 Å². The van der Waals surface area contributed by atoms with Crippen molar-refractivity contribution in [2.75, 3.05) is 30.6 Å². The number of nitrogens with one attached hydrogen (secondary N) is 1. The number of ether oxygens (including phenoxy) is 2. The number of carbonyl (C=O) groups is 1. The predicted molar refractivity (Wildman–Crippen MR) is 131 cm³/mol. The number of fused-ring (bicyclic) bond motifs is 1. The van der Waals surface area contributed by atoms with Crippen LogP contribution in [0.4, 0.5) is 5.69 Å². The molecule has 7 nitrogen and oxygen atoms in total. The lowest BCUT2D eigenvalue weighted by Crippen LogP contribution is -2.41. The second kappa shape index (κ2) is 10.6. The first-order valence-corrected chi connectivity index (χ1v) is 12.7. The molecule has 1 heterocycles. The minimum Gasteiger partial charge on any atom is -0.486 e. The van der Waals surface area contributed by atoms with Crippen LogP contribution in [0.15, 0.2) is 77.7 Å². The summed E-state index contributed by atoms with van der Waals surface area (Å²) in [7, 11) is -4.03. The molecular weight excluding hydrogens is 452 g/mol. The molecule has 1 aliphatic rings. The molecule has 0 fully saturated rings. The van der Waals surface area contributed by atoms with Gasteiger partial charge in [0.1, 0.15) is 19.8 Å². The zero-order valence-electron chi connectivity index (χ0n) is 19.1. The summed E-state index contributed by atoms with van der Waals surface area (Å²) in [6, 6.07) is 21.6. The summed E-state index contributed by atoms with van der Waals surface area (Å²) in [5.74, 6) is 0.513. The van der Waals surface area contributed by atoms with E-state index in [2.05, 4.69) is 5.32 Å². The Morgan fingerprint density at radius 2 is 1.65 bits per heavy atom. The van der Waals surface area contributed by atoms with E-state index in [1.54, 1.807) is 18.2 Å². The summed E-state index contributed by atoms with van der Waals surface area (Å²) < 4.78 is 39.4. The Morgan fingerprint density at radius 1 is 0.941 bits per heavy atom. The lowest BCUT2D eigenvalue weighted by molar-refractivity contribution is -0.119. The first-order valence-electron chi connectivity index (χ1n) is 11.2. The molecule has 0 spiro atoms. The maximum atomic E-state index is 13.6. The number of hydrogen-bond donors (Lipinski definition) is 1. The molecule has 4 rings (SSSR count). The zero-order valence-corrected chi connectivity index (χ0v) is 19.9. The summed E-state index contributed by atoms with van der Waals surface area (Å²) in [6.07, 6.45) is 1.59. The molecule has 0 saturated heterocycles. The second-order valence-electron chi connectivity index (χ2n) is 8.09. The van der Waals surface area contributed by atoms with Gasteiger partial charge in [-0.1, -0.05) is 48.0 Å². The largest absolute Gasteiger partial charge is 0.486 e. The van der Waals surface area contributed by atoms with Crippen molar-refractivity contribution in [3.8, 4) is 11.5 Å². The number of sulfonamides is 1. The van der Waals surface area contributed by atoms with E-state index in [1.165, 1.54) is 17.7 Å². The number of carbonyl (C=O) groups excluding carboxylic acids is 1. The molecular formula is C26H28N2O5S. The summed E-state index contributed by atoms with van der Waals surface area (Å²) in [4.78, 5) is 12.8. The molecule has 1 N–H and O–H groups in total. The molecule has 0 aromatic heterocycles. The first-order chi connectivity index (χ1) is 16.4. The van der Waals surface area contributed by atoms with E-state index in [-0.39, 0.29) is 17.3 Å². The molecule has 3 aromatic rings. The van der Waals surface area contributed by atoms with Crippen molar-refractivity contribution in [3.05, 3.63) is 83.9 Å². The van der Waals surface area contributed by atoms with Crippen LogP contribution in [-0.2, 0) is 21.2 Å². The van der Waals surface area contributed by atoms with Gasteiger partial charge in [0, 0.05) is 12.6 Å². The van der Waals surface area contributed by atoms with E-state index in [1.807, 2.05) is 49.4 Å². The molecule has 34 heavy (non-hydrogen) atoms. The number of rotatable bonds is 9. The molecule has 1 amide bonds. The molecule has 8 heteroatoms. The second-order valence-corrected chi connectivity index (χ2v) is 9.95. The predicted octanol–water partition coefficient (Wildman–Crippen LogP) is 3.71. The Hall–Kier alpha value is -3.52. The third-order valence-corrected chi connectivity index (χ3v) is 7.29. The van der Waals surface area contributed by atoms with E-state index in [0.29, 0.717) is 36.9 Å². The van der Waals surface area contributed by atoms with Crippen LogP contribution in [0, 0.1) is 6.92 Å². The van der Waals surface area contributed by atoms with Gasteiger partial charge in [0.2, 0.25) is 5.91 Å². The van der Waals surface area contributed by atoms with Crippen LogP contribution in [0.2, 0.25) is 0 Å². The highest BCUT2D eigenvalue weighted by Crippen LogP contribution is 2.34. The molecule has 0 atom stereocenters. The monoisotopic (exact) mass is 480 g/mol. The summed E-state index contributed by atoms with van der Waals surface area (Å²) in [6.45, 7) is 2.82. The average molecular weight is 481 g/mol. The fourth-order valence-electron chi connectivity index (χ4n) is 3.69. The Morgan fingerprint density at radius 3 is 2.38 bits per heavy atom. The van der Waals surface area contributed by atoms with Crippen molar-refractivity contribution in [2.45, 2.75) is 24.7 Å². The Kier molecular flexibility index (Phi) is 7.37. The van der Waals surface area contributed by atoms with Gasteiger partial charge < -0.3 is 14.8 Å². The summed E-state index contributed by atoms with van der Waals surface area (Å²) in [5.41, 5.74) is 2.60. The lowest BCUT2D eigenvalue weighted by atomic mass is 10.1. The van der Waals surface area contributed by atoms with E-state index >= 15 is 0 Å². The van der Waals surface area contributed by atoms with Crippen molar-refractivity contribution in [2.24, 2.45) is 0 Å². The highest BCUT2D eigenvalue weighted by atomic mass is 32.2. The van der Waals surface area contributed by atoms with Gasteiger partial charge in [-0.3, -0.25) is 9.10 Å². The van der Waals surface area contributed by atoms with Gasteiger partial charge >= 0.3 is 0 Å². The van der Waals surface area contributed by atoms with Crippen LogP contribution < -0.4 is 19.1 Å². The number of amides is 1. The van der Waals surface area contributed by atoms with Crippen molar-refractivity contribution in [1.82, 2.24) is 5.32 Å². The van der Waals surface area contributed by atoms with E-state index in [4.69, 9.17) is 9.47 Å². The third kappa shape index (κ3) is 5.69. The van der Waals surface area contributed by atoms with Gasteiger partial charge in [0.05, 0.1) is 10.6 Å². The molecule has 0 bridgehead atoms. The van der Waals surface area contributed by atoms with Crippen molar-refractivity contribution in [1.29, 1.82) is 0 Å². The minimum atomic E-state index is -4.03. The van der Waals surface area contributed by atoms with Crippen LogP contribution in [-0.4, -0.2) is 40.6 Å². The Labute approximate surface area is 200 Å². The number of aryl methyl sites for hydroxylation is 2. The molecule has 0 saturated carbocycles. The minimum absolute atomic E-state index is 0.0363. The summed E-state index contributed by atoms with van der Waals surface area (Å²) in [5, 5.41) is 2.85. The van der Waals surface area contributed by atoms with Gasteiger partial charge in [-0.15, -0.1) is 0 Å². The molecule has 3 aromatic carbocycles. The smallest absolute Gasteiger partial charge is 0.264 e. The van der Waals surface area contributed by atoms with E-state index in [9.17, 15) is 13.2 Å². The first kappa shape index (κ1) is 23.6. The van der Waals surface area contributed by atoms with Gasteiger partial charge in [0.25, 0.3) is 10.0 Å². The number of nitrogens with zero attached hydrogens (tertiary/aromatic N) is 1. The molecule has 178 valence electrons. The fourth-order valence-corrected chi connectivity index (χ4v) is 5.13. The number of anilines is 1. The number of benzene rings is 3. The maximum Gasteiger partial charge on any atom is 0.264 e. The Bertz CT molecular complexity index is 1230. The third-order valence-electron chi connectivity index (χ3n) is 5.52. The normalized spacial score (nSPS) is 12.7. The van der Waals surface area contributed by atoms with Crippen molar-refractivity contribution < 1.29 is 22.7 Å². The number of hydrogen-bond acceptors (Lipinski definition) is 5. The van der Waals surface area contributed by atoms with E-state index < -0.39 is 10.0 Å². The SMILES string of the molecule is Cc1ccc(N(CC(=O)NCCCc2ccccc2)S(=O)(=O)c2ccc3c(c2)OCCO3)cc1. The van der Waals surface area contributed by atoms with E-state index in [0.717, 1.165) is 22.7 Å². The molecule has 0 aliphatic carbocycles. The fraction of sp³-hybridized carbons (Fsp3) is 0.269. The van der Waals surface area contributed by atoms with Gasteiger partial charge in [-0.25, -0.2) is 8.42 Å². The highest BCUT2D eigenvalue weighted by Gasteiger charge is 2.28. The highest BCUT2D eigenvalue weighted by molar-refractivity contribution is 7.92. The zero-order chi connectivity index (χ0) is 24.0. The van der Waals surface area contributed by atoms with Crippen LogP contribution >= 0.6 is 0 Å². The van der Waals surface area contributed by atoms with Gasteiger partial charge in [-0.2, -0.15) is 0 Å². The lowest BCUT2D eigenvalue weighted by Gasteiger charge is -2.25. The quantitative estimate of drug-likeness (QED) is 0.472.